The van der Waals surface area contributed by atoms with E-state index in [0.29, 0.717) is 11.7 Å². The van der Waals surface area contributed by atoms with Crippen molar-refractivity contribution in [2.45, 2.75) is 103 Å². The smallest absolute Gasteiger partial charge is 0.159 e. The standard InChI is InChI=1S/C27H39FN2/c1-3-5-7-9-11-23-16-17-24(18-26(23)28)27-29-19-25(20-30-27)22-14-12-21(13-15-22)10-8-6-4-2/h16-22H,3-15H2,1-2H3. The zero-order valence-corrected chi connectivity index (χ0v) is 19.0. The van der Waals surface area contributed by atoms with E-state index in [1.54, 1.807) is 6.07 Å². The quantitative estimate of drug-likeness (QED) is 0.348. The summed E-state index contributed by atoms with van der Waals surface area (Å²) in [4.78, 5) is 9.17. The molecule has 1 aromatic carbocycles. The Morgan fingerprint density at radius 1 is 0.867 bits per heavy atom. The number of nitrogens with zero attached hydrogens (tertiary/aromatic N) is 2. The molecule has 164 valence electrons. The molecule has 1 saturated carbocycles. The molecule has 1 aromatic heterocycles. The van der Waals surface area contributed by atoms with Gasteiger partial charge in [-0.2, -0.15) is 0 Å². The molecule has 0 radical (unpaired) electrons. The summed E-state index contributed by atoms with van der Waals surface area (Å²) in [5.41, 5.74) is 2.83. The van der Waals surface area contributed by atoms with Crippen LogP contribution in [0.5, 0.6) is 0 Å². The van der Waals surface area contributed by atoms with Crippen molar-refractivity contribution in [1.82, 2.24) is 9.97 Å². The molecular weight excluding hydrogens is 371 g/mol. The van der Waals surface area contributed by atoms with Crippen LogP contribution < -0.4 is 0 Å². The number of rotatable bonds is 11. The van der Waals surface area contributed by atoms with Gasteiger partial charge in [-0.3, -0.25) is 0 Å². The van der Waals surface area contributed by atoms with Gasteiger partial charge in [0.15, 0.2) is 5.82 Å². The molecule has 0 spiro atoms. The molecule has 2 aromatic rings. The molecule has 0 amide bonds. The van der Waals surface area contributed by atoms with Crippen LogP contribution in [0.2, 0.25) is 0 Å². The van der Waals surface area contributed by atoms with Gasteiger partial charge in [-0.1, -0.05) is 70.9 Å². The third kappa shape index (κ3) is 6.62. The highest BCUT2D eigenvalue weighted by molar-refractivity contribution is 5.55. The predicted molar refractivity (Wildman–Crippen MR) is 124 cm³/mol. The van der Waals surface area contributed by atoms with Crippen LogP contribution in [0.4, 0.5) is 4.39 Å². The largest absolute Gasteiger partial charge is 0.236 e. The lowest BCUT2D eigenvalue weighted by Crippen LogP contribution is -2.14. The highest BCUT2D eigenvalue weighted by Crippen LogP contribution is 2.37. The van der Waals surface area contributed by atoms with Crippen LogP contribution in [0.1, 0.15) is 108 Å². The van der Waals surface area contributed by atoms with Gasteiger partial charge in [0.05, 0.1) is 0 Å². The van der Waals surface area contributed by atoms with E-state index in [1.165, 1.54) is 76.2 Å². The lowest BCUT2D eigenvalue weighted by atomic mass is 9.77. The van der Waals surface area contributed by atoms with E-state index in [2.05, 4.69) is 23.8 Å². The minimum Gasteiger partial charge on any atom is -0.236 e. The van der Waals surface area contributed by atoms with E-state index in [0.717, 1.165) is 29.9 Å². The Hall–Kier alpha value is -1.77. The van der Waals surface area contributed by atoms with E-state index in [1.807, 2.05) is 24.5 Å². The Morgan fingerprint density at radius 2 is 1.57 bits per heavy atom. The van der Waals surface area contributed by atoms with E-state index in [-0.39, 0.29) is 5.82 Å². The molecule has 0 bridgehead atoms. The summed E-state index contributed by atoms with van der Waals surface area (Å²) in [6.45, 7) is 4.47. The average Bonchev–Trinajstić information content (AvgIpc) is 2.78. The third-order valence-corrected chi connectivity index (χ3v) is 6.82. The first-order chi connectivity index (χ1) is 14.7. The summed E-state index contributed by atoms with van der Waals surface area (Å²) in [5.74, 6) is 2.00. The summed E-state index contributed by atoms with van der Waals surface area (Å²) >= 11 is 0. The number of hydrogen-bond acceptors (Lipinski definition) is 2. The number of halogens is 1. The van der Waals surface area contributed by atoms with Gasteiger partial charge in [0, 0.05) is 18.0 Å². The highest BCUT2D eigenvalue weighted by atomic mass is 19.1. The average molecular weight is 411 g/mol. The summed E-state index contributed by atoms with van der Waals surface area (Å²) in [5, 5.41) is 0. The number of benzene rings is 1. The molecule has 1 aliphatic rings. The number of hydrogen-bond donors (Lipinski definition) is 0. The van der Waals surface area contributed by atoms with Crippen LogP contribution >= 0.6 is 0 Å². The molecular formula is C27H39FN2. The fraction of sp³-hybridized carbons (Fsp3) is 0.630. The number of aromatic nitrogens is 2. The zero-order valence-electron chi connectivity index (χ0n) is 19.0. The highest BCUT2D eigenvalue weighted by Gasteiger charge is 2.22. The molecule has 0 atom stereocenters. The van der Waals surface area contributed by atoms with Gasteiger partial charge in [-0.15, -0.1) is 0 Å². The molecule has 2 nitrogen and oxygen atoms in total. The van der Waals surface area contributed by atoms with Gasteiger partial charge in [0.25, 0.3) is 0 Å². The lowest BCUT2D eigenvalue weighted by Gasteiger charge is -2.28. The molecule has 30 heavy (non-hydrogen) atoms. The fourth-order valence-corrected chi connectivity index (χ4v) is 4.80. The first kappa shape index (κ1) is 22.9. The van der Waals surface area contributed by atoms with E-state index < -0.39 is 0 Å². The topological polar surface area (TPSA) is 25.8 Å². The van der Waals surface area contributed by atoms with Crippen molar-refractivity contribution in [3.8, 4) is 11.4 Å². The molecule has 0 saturated heterocycles. The maximum absolute atomic E-state index is 14.5. The van der Waals surface area contributed by atoms with Crippen molar-refractivity contribution in [2.75, 3.05) is 0 Å². The van der Waals surface area contributed by atoms with Gasteiger partial charge >= 0.3 is 0 Å². The van der Waals surface area contributed by atoms with Crippen LogP contribution in [0.3, 0.4) is 0 Å². The fourth-order valence-electron chi connectivity index (χ4n) is 4.80. The van der Waals surface area contributed by atoms with Gasteiger partial charge in [0.1, 0.15) is 5.82 Å². The Bertz CT molecular complexity index is 748. The van der Waals surface area contributed by atoms with E-state index in [9.17, 15) is 4.39 Å². The molecule has 0 unspecified atom stereocenters. The van der Waals surface area contributed by atoms with Crippen molar-refractivity contribution in [3.05, 3.63) is 47.5 Å². The second-order valence-electron chi connectivity index (χ2n) is 9.17. The van der Waals surface area contributed by atoms with Crippen LogP contribution in [0.25, 0.3) is 11.4 Å². The molecule has 3 heteroatoms. The summed E-state index contributed by atoms with van der Waals surface area (Å²) in [7, 11) is 0. The zero-order chi connectivity index (χ0) is 21.2. The molecule has 0 aliphatic heterocycles. The van der Waals surface area contributed by atoms with Gasteiger partial charge in [0.2, 0.25) is 0 Å². The molecule has 1 fully saturated rings. The summed E-state index contributed by atoms with van der Waals surface area (Å²) in [6, 6.07) is 5.48. The maximum atomic E-state index is 14.5. The van der Waals surface area contributed by atoms with Crippen molar-refractivity contribution < 1.29 is 4.39 Å². The lowest BCUT2D eigenvalue weighted by molar-refractivity contribution is 0.302. The van der Waals surface area contributed by atoms with E-state index in [4.69, 9.17) is 0 Å². The maximum Gasteiger partial charge on any atom is 0.159 e. The van der Waals surface area contributed by atoms with E-state index >= 15 is 0 Å². The number of aryl methyl sites for hydroxylation is 1. The Balaban J connectivity index is 1.54. The normalized spacial score (nSPS) is 19.2. The molecule has 1 aliphatic carbocycles. The molecule has 0 N–H and O–H groups in total. The van der Waals surface area contributed by atoms with Crippen LogP contribution in [0.15, 0.2) is 30.6 Å². The first-order valence-corrected chi connectivity index (χ1v) is 12.3. The SMILES string of the molecule is CCCCCCc1ccc(-c2ncc(C3CCC(CCCCC)CC3)cn2)cc1F. The first-order valence-electron chi connectivity index (χ1n) is 12.3. The minimum atomic E-state index is -0.127. The molecule has 1 heterocycles. The summed E-state index contributed by atoms with van der Waals surface area (Å²) < 4.78 is 14.5. The van der Waals surface area contributed by atoms with Gasteiger partial charge in [-0.25, -0.2) is 14.4 Å². The van der Waals surface area contributed by atoms with Crippen molar-refractivity contribution in [1.29, 1.82) is 0 Å². The second kappa shape index (κ2) is 12.2. The van der Waals surface area contributed by atoms with Crippen LogP contribution in [-0.4, -0.2) is 9.97 Å². The van der Waals surface area contributed by atoms with Crippen molar-refractivity contribution in [3.63, 3.8) is 0 Å². The van der Waals surface area contributed by atoms with Crippen molar-refractivity contribution >= 4 is 0 Å². The summed E-state index contributed by atoms with van der Waals surface area (Å²) in [6.07, 6.45) is 20.0. The predicted octanol–water partition coefficient (Wildman–Crippen LogP) is 8.26. The molecule has 3 rings (SSSR count). The Labute approximate surface area is 182 Å². The van der Waals surface area contributed by atoms with Gasteiger partial charge in [-0.05, 0) is 67.6 Å². The van der Waals surface area contributed by atoms with Gasteiger partial charge < -0.3 is 0 Å². The van der Waals surface area contributed by atoms with Crippen LogP contribution in [-0.2, 0) is 6.42 Å². The van der Waals surface area contributed by atoms with Crippen molar-refractivity contribution in [2.24, 2.45) is 5.92 Å². The third-order valence-electron chi connectivity index (χ3n) is 6.82. The minimum absolute atomic E-state index is 0.127. The Kier molecular flexibility index (Phi) is 9.29. The number of unbranched alkanes of at least 4 members (excludes halogenated alkanes) is 5. The monoisotopic (exact) mass is 410 g/mol. The van der Waals surface area contributed by atoms with Crippen LogP contribution in [0, 0.1) is 11.7 Å². The Morgan fingerprint density at radius 3 is 2.23 bits per heavy atom. The second-order valence-corrected chi connectivity index (χ2v) is 9.17.